The van der Waals surface area contributed by atoms with Crippen molar-refractivity contribution in [1.82, 2.24) is 14.7 Å². The Balaban J connectivity index is 1.57. The van der Waals surface area contributed by atoms with Crippen molar-refractivity contribution in [3.05, 3.63) is 72.2 Å². The second-order valence-electron chi connectivity index (χ2n) is 8.67. The summed E-state index contributed by atoms with van der Waals surface area (Å²) in [6.45, 7) is 7.00. The van der Waals surface area contributed by atoms with Crippen LogP contribution >= 0.6 is 0 Å². The molecule has 0 saturated carbocycles. The minimum atomic E-state index is -4.31. The largest absolute Gasteiger partial charge is 0.439 e. The number of hydrogen-bond donors (Lipinski definition) is 1. The first-order chi connectivity index (χ1) is 16.1. The van der Waals surface area contributed by atoms with E-state index in [0.717, 1.165) is 6.42 Å². The molecule has 1 N–H and O–H groups in total. The average Bonchev–Trinajstić information content (AvgIpc) is 3.07. The third-order valence-corrected chi connectivity index (χ3v) is 7.44. The van der Waals surface area contributed by atoms with Crippen LogP contribution in [-0.2, 0) is 10.0 Å². The van der Waals surface area contributed by atoms with Crippen molar-refractivity contribution in [2.24, 2.45) is 5.92 Å². The van der Waals surface area contributed by atoms with Crippen LogP contribution in [0.4, 0.5) is 10.2 Å². The number of amides is 1. The molecule has 1 aliphatic heterocycles. The predicted octanol–water partition coefficient (Wildman–Crippen LogP) is 4.15. The third kappa shape index (κ3) is 4.72. The van der Waals surface area contributed by atoms with Gasteiger partial charge in [0.25, 0.3) is 15.9 Å². The number of nitrogens with zero attached hydrogens (tertiary/aromatic N) is 3. The summed E-state index contributed by atoms with van der Waals surface area (Å²) in [7, 11) is -4.31. The number of sulfonamides is 1. The van der Waals surface area contributed by atoms with Crippen LogP contribution in [-0.4, -0.2) is 36.4 Å². The Morgan fingerprint density at radius 3 is 2.56 bits per heavy atom. The van der Waals surface area contributed by atoms with Crippen molar-refractivity contribution in [2.45, 2.75) is 37.8 Å². The Morgan fingerprint density at radius 1 is 1.15 bits per heavy atom. The minimum Gasteiger partial charge on any atom is -0.439 e. The molecule has 1 atom stereocenters. The van der Waals surface area contributed by atoms with Crippen molar-refractivity contribution < 1.29 is 22.3 Å². The van der Waals surface area contributed by atoms with E-state index >= 15 is 0 Å². The molecule has 10 heteroatoms. The van der Waals surface area contributed by atoms with E-state index in [1.54, 1.807) is 18.3 Å². The first-order valence-corrected chi connectivity index (χ1v) is 12.3. The van der Waals surface area contributed by atoms with E-state index in [4.69, 9.17) is 4.74 Å². The second-order valence-corrected chi connectivity index (χ2v) is 10.3. The van der Waals surface area contributed by atoms with E-state index in [9.17, 15) is 17.6 Å². The van der Waals surface area contributed by atoms with E-state index in [1.165, 1.54) is 42.5 Å². The van der Waals surface area contributed by atoms with Crippen molar-refractivity contribution in [2.75, 3.05) is 11.4 Å². The molecule has 8 nitrogen and oxygen atoms in total. The van der Waals surface area contributed by atoms with E-state index in [1.807, 2.05) is 4.90 Å². The van der Waals surface area contributed by atoms with Gasteiger partial charge in [0, 0.05) is 24.3 Å². The third-order valence-electron chi connectivity index (χ3n) is 6.21. The highest BCUT2D eigenvalue weighted by atomic mass is 32.2. The minimum absolute atomic E-state index is 0.0168. The molecule has 0 bridgehead atoms. The van der Waals surface area contributed by atoms with Gasteiger partial charge in [0.15, 0.2) is 5.03 Å². The average molecular weight is 485 g/mol. The zero-order chi connectivity index (χ0) is 24.5. The van der Waals surface area contributed by atoms with Crippen LogP contribution < -0.4 is 14.4 Å². The summed E-state index contributed by atoms with van der Waals surface area (Å²) >= 11 is 0. The number of nitrogens with one attached hydrogen (secondary N) is 1. The van der Waals surface area contributed by atoms with Gasteiger partial charge in [-0.1, -0.05) is 13.0 Å². The molecule has 3 heterocycles. The Kier molecular flexibility index (Phi) is 6.26. The van der Waals surface area contributed by atoms with Crippen LogP contribution in [0, 0.1) is 11.7 Å². The van der Waals surface area contributed by atoms with Crippen molar-refractivity contribution in [3.8, 4) is 11.6 Å². The van der Waals surface area contributed by atoms with E-state index < -0.39 is 21.7 Å². The summed E-state index contributed by atoms with van der Waals surface area (Å²) in [6, 6.07) is 12.5. The van der Waals surface area contributed by atoms with Gasteiger partial charge in [0.2, 0.25) is 5.88 Å². The Hall–Kier alpha value is -3.53. The Labute approximate surface area is 197 Å². The first kappa shape index (κ1) is 23.6. The summed E-state index contributed by atoms with van der Waals surface area (Å²) in [5.74, 6) is -0.147. The number of anilines is 1. The Bertz CT molecular complexity index is 1310. The van der Waals surface area contributed by atoms with Gasteiger partial charge >= 0.3 is 0 Å². The van der Waals surface area contributed by atoms with Gasteiger partial charge in [0.05, 0.1) is 5.56 Å². The van der Waals surface area contributed by atoms with Crippen LogP contribution in [0.1, 0.15) is 37.6 Å². The van der Waals surface area contributed by atoms with E-state index in [0.29, 0.717) is 18.3 Å². The summed E-state index contributed by atoms with van der Waals surface area (Å²) in [5.41, 5.74) is -0.0810. The van der Waals surface area contributed by atoms with Crippen LogP contribution in [0.2, 0.25) is 0 Å². The maximum Gasteiger partial charge on any atom is 0.281 e. The van der Waals surface area contributed by atoms with Gasteiger partial charge in [-0.15, -0.1) is 0 Å². The molecule has 1 unspecified atom stereocenters. The molecule has 3 aromatic rings. The highest BCUT2D eigenvalue weighted by molar-refractivity contribution is 7.90. The Morgan fingerprint density at radius 2 is 1.88 bits per heavy atom. The number of aromatic nitrogens is 2. The quantitative estimate of drug-likeness (QED) is 0.561. The molecule has 1 aliphatic rings. The smallest absolute Gasteiger partial charge is 0.281 e. The number of rotatable bonds is 6. The van der Waals surface area contributed by atoms with Crippen LogP contribution in [0.3, 0.4) is 0 Å². The summed E-state index contributed by atoms with van der Waals surface area (Å²) in [5, 5.41) is -0.388. The van der Waals surface area contributed by atoms with Crippen molar-refractivity contribution in [1.29, 1.82) is 0 Å². The lowest BCUT2D eigenvalue weighted by Gasteiger charge is -2.36. The van der Waals surface area contributed by atoms with Gasteiger partial charge < -0.3 is 9.64 Å². The predicted molar refractivity (Wildman–Crippen MR) is 125 cm³/mol. The molecule has 4 rings (SSSR count). The van der Waals surface area contributed by atoms with E-state index in [-0.39, 0.29) is 27.8 Å². The molecule has 1 saturated heterocycles. The summed E-state index contributed by atoms with van der Waals surface area (Å²) in [6.07, 6.45) is 2.52. The first-order valence-electron chi connectivity index (χ1n) is 10.8. The van der Waals surface area contributed by atoms with E-state index in [2.05, 4.69) is 35.5 Å². The van der Waals surface area contributed by atoms with Gasteiger partial charge in [0.1, 0.15) is 17.4 Å². The topological polar surface area (TPSA) is 101 Å². The monoisotopic (exact) mass is 484 g/mol. The molecule has 0 radical (unpaired) electrons. The lowest BCUT2D eigenvalue weighted by molar-refractivity contribution is 0.0981. The molecular weight excluding hydrogens is 459 g/mol. The summed E-state index contributed by atoms with van der Waals surface area (Å²) < 4.78 is 46.6. The molecule has 178 valence electrons. The van der Waals surface area contributed by atoms with Crippen molar-refractivity contribution >= 4 is 21.7 Å². The molecule has 1 aromatic carbocycles. The molecule has 1 fully saturated rings. The maximum atomic E-state index is 13.1. The van der Waals surface area contributed by atoms with Crippen LogP contribution in [0.15, 0.2) is 65.8 Å². The van der Waals surface area contributed by atoms with Crippen LogP contribution in [0.5, 0.6) is 11.6 Å². The van der Waals surface area contributed by atoms with Gasteiger partial charge in [-0.2, -0.15) is 13.4 Å². The zero-order valence-corrected chi connectivity index (χ0v) is 19.8. The number of halogens is 1. The maximum absolute atomic E-state index is 13.1. The fraction of sp³-hybridized carbons (Fsp3) is 0.292. The fourth-order valence-electron chi connectivity index (χ4n) is 3.85. The van der Waals surface area contributed by atoms with Gasteiger partial charge in [-0.25, -0.2) is 14.1 Å². The number of carbonyl (C=O) groups excluding carboxylic acids is 1. The van der Waals surface area contributed by atoms with Crippen LogP contribution in [0.25, 0.3) is 0 Å². The highest BCUT2D eigenvalue weighted by Gasteiger charge is 2.40. The van der Waals surface area contributed by atoms with Crippen molar-refractivity contribution in [3.63, 3.8) is 0 Å². The lowest BCUT2D eigenvalue weighted by Crippen LogP contribution is -2.43. The number of benzene rings is 1. The normalized spacial score (nSPS) is 17.4. The molecule has 0 spiro atoms. The number of hydrogen-bond acceptors (Lipinski definition) is 7. The zero-order valence-electron chi connectivity index (χ0n) is 19.0. The molecule has 34 heavy (non-hydrogen) atoms. The number of ether oxygens (including phenoxy) is 1. The second kappa shape index (κ2) is 9.02. The summed E-state index contributed by atoms with van der Waals surface area (Å²) in [4.78, 5) is 23.5. The highest BCUT2D eigenvalue weighted by Crippen LogP contribution is 2.38. The molecule has 1 amide bonds. The number of carbonyl (C=O) groups is 1. The molecule has 2 aromatic heterocycles. The standard InChI is InChI=1S/C24H25FN4O4S/c1-16-13-15-29(24(16,2)3)22-19(6-5-14-26-22)23(30)28-34(31,32)21-8-4-7-20(27-21)33-18-11-9-17(25)10-12-18/h4-12,14,16H,13,15H2,1-3H3,(H,28,30). The molecular formula is C24H25FN4O4S. The molecule has 0 aliphatic carbocycles. The van der Waals surface area contributed by atoms with Gasteiger partial charge in [-0.3, -0.25) is 4.79 Å². The lowest BCUT2D eigenvalue weighted by atomic mass is 9.90. The number of pyridine rings is 2. The van der Waals surface area contributed by atoms with Gasteiger partial charge in [-0.05, 0) is 68.7 Å². The SMILES string of the molecule is CC1CCN(c2ncccc2C(=O)NS(=O)(=O)c2cccc(Oc3ccc(F)cc3)n2)C1(C)C. The fourth-order valence-corrected chi connectivity index (χ4v) is 4.78.